The standard InChI is InChI=1S/C15H29NO4.C7H16N2O3/c1-2-8-17-10-12-19-14-15-20-13-11-18-9-6-4-3-5-7-16;8-1-3-11-5-6-12-4-2-9-7-10/h1H,3-16H2;7H,1-6,8H2,(H,9,10). The lowest BCUT2D eigenvalue weighted by molar-refractivity contribution is -0.109. The molecule has 0 spiro atoms. The van der Waals surface area contributed by atoms with Crippen LogP contribution in [0.25, 0.3) is 0 Å². The third kappa shape index (κ3) is 36.1. The summed E-state index contributed by atoms with van der Waals surface area (Å²) < 4.78 is 31.3. The van der Waals surface area contributed by atoms with Crippen LogP contribution < -0.4 is 16.8 Å². The van der Waals surface area contributed by atoms with Gasteiger partial charge in [0.25, 0.3) is 0 Å². The maximum atomic E-state index is 9.77. The van der Waals surface area contributed by atoms with Crippen LogP contribution in [0.5, 0.6) is 0 Å². The van der Waals surface area contributed by atoms with Crippen LogP contribution in [-0.4, -0.2) is 105 Å². The van der Waals surface area contributed by atoms with E-state index in [2.05, 4.69) is 11.2 Å². The Morgan fingerprint density at radius 1 is 0.625 bits per heavy atom. The number of rotatable bonds is 25. The molecule has 0 saturated heterocycles. The molecular weight excluding hydrogens is 418 g/mol. The van der Waals surface area contributed by atoms with Crippen molar-refractivity contribution < 1.29 is 33.2 Å². The van der Waals surface area contributed by atoms with E-state index in [9.17, 15) is 4.79 Å². The lowest BCUT2D eigenvalue weighted by atomic mass is 10.2. The van der Waals surface area contributed by atoms with Gasteiger partial charge in [0.2, 0.25) is 6.41 Å². The van der Waals surface area contributed by atoms with Crippen LogP contribution in [0.15, 0.2) is 0 Å². The Kier molecular flexibility index (Phi) is 35.3. The molecule has 0 aliphatic rings. The lowest BCUT2D eigenvalue weighted by Gasteiger charge is -2.07. The van der Waals surface area contributed by atoms with Gasteiger partial charge in [0.1, 0.15) is 6.61 Å². The number of unbranched alkanes of at least 4 members (excludes halogenated alkanes) is 3. The van der Waals surface area contributed by atoms with Crippen molar-refractivity contribution in [1.29, 1.82) is 0 Å². The van der Waals surface area contributed by atoms with Gasteiger partial charge in [0.05, 0.1) is 66.1 Å². The number of amides is 1. The van der Waals surface area contributed by atoms with Crippen molar-refractivity contribution in [1.82, 2.24) is 5.32 Å². The fraction of sp³-hybridized carbons (Fsp3) is 0.864. The molecule has 5 N–H and O–H groups in total. The smallest absolute Gasteiger partial charge is 0.207 e. The SMILES string of the molecule is C#CCOCCOCCOCCOCCCCCCN.NCCOCCOCCNC=O. The average molecular weight is 464 g/mol. The zero-order valence-corrected chi connectivity index (χ0v) is 19.6. The molecule has 0 aromatic carbocycles. The van der Waals surface area contributed by atoms with Crippen molar-refractivity contribution in [3.8, 4) is 12.3 Å². The molecule has 10 heteroatoms. The third-order valence-electron chi connectivity index (χ3n) is 3.65. The van der Waals surface area contributed by atoms with Crippen LogP contribution >= 0.6 is 0 Å². The highest BCUT2D eigenvalue weighted by molar-refractivity contribution is 5.45. The first-order valence-electron chi connectivity index (χ1n) is 11.3. The van der Waals surface area contributed by atoms with Gasteiger partial charge in [-0.25, -0.2) is 0 Å². The second-order valence-electron chi connectivity index (χ2n) is 6.38. The fourth-order valence-electron chi connectivity index (χ4n) is 2.09. The molecule has 190 valence electrons. The largest absolute Gasteiger partial charge is 0.379 e. The summed E-state index contributed by atoms with van der Waals surface area (Å²) in [5.74, 6) is 2.40. The molecule has 0 radical (unpaired) electrons. The van der Waals surface area contributed by atoms with Crippen molar-refractivity contribution >= 4 is 6.41 Å². The molecule has 10 nitrogen and oxygen atoms in total. The summed E-state index contributed by atoms with van der Waals surface area (Å²) >= 11 is 0. The first-order valence-corrected chi connectivity index (χ1v) is 11.3. The van der Waals surface area contributed by atoms with Gasteiger partial charge in [-0.15, -0.1) is 6.42 Å². The van der Waals surface area contributed by atoms with Gasteiger partial charge in [-0.3, -0.25) is 4.79 Å². The summed E-state index contributed by atoms with van der Waals surface area (Å²) in [6, 6.07) is 0. The van der Waals surface area contributed by atoms with Gasteiger partial charge < -0.3 is 45.2 Å². The third-order valence-corrected chi connectivity index (χ3v) is 3.65. The van der Waals surface area contributed by atoms with Crippen LogP contribution in [0.2, 0.25) is 0 Å². The van der Waals surface area contributed by atoms with Gasteiger partial charge in [-0.2, -0.15) is 0 Å². The highest BCUT2D eigenvalue weighted by Crippen LogP contribution is 1.98. The van der Waals surface area contributed by atoms with Gasteiger partial charge in [0.15, 0.2) is 0 Å². The number of carbonyl (C=O) groups excluding carboxylic acids is 1. The minimum Gasteiger partial charge on any atom is -0.379 e. The zero-order valence-electron chi connectivity index (χ0n) is 19.6. The molecule has 0 saturated carbocycles. The van der Waals surface area contributed by atoms with E-state index >= 15 is 0 Å². The fourth-order valence-corrected chi connectivity index (χ4v) is 2.09. The highest BCUT2D eigenvalue weighted by Gasteiger charge is 1.93. The summed E-state index contributed by atoms with van der Waals surface area (Å²) in [4.78, 5) is 9.77. The maximum absolute atomic E-state index is 9.77. The molecule has 0 aliphatic heterocycles. The second kappa shape index (κ2) is 34.3. The summed E-state index contributed by atoms with van der Waals surface area (Å²) in [7, 11) is 0. The topological polar surface area (TPSA) is 137 Å². The molecule has 0 aliphatic carbocycles. The molecule has 0 atom stereocenters. The van der Waals surface area contributed by atoms with E-state index in [1.165, 1.54) is 12.8 Å². The normalized spacial score (nSPS) is 10.3. The first kappa shape index (κ1) is 32.9. The van der Waals surface area contributed by atoms with Gasteiger partial charge in [0, 0.05) is 19.7 Å². The van der Waals surface area contributed by atoms with Crippen molar-refractivity contribution in [2.24, 2.45) is 11.5 Å². The number of nitrogens with two attached hydrogens (primary N) is 2. The zero-order chi connectivity index (χ0) is 23.8. The first-order chi connectivity index (χ1) is 15.8. The second-order valence-corrected chi connectivity index (χ2v) is 6.38. The van der Waals surface area contributed by atoms with Crippen LogP contribution in [0.4, 0.5) is 0 Å². The van der Waals surface area contributed by atoms with E-state index < -0.39 is 0 Å². The van der Waals surface area contributed by atoms with Gasteiger partial charge in [-0.05, 0) is 19.4 Å². The monoisotopic (exact) mass is 463 g/mol. The molecule has 0 rings (SSSR count). The van der Waals surface area contributed by atoms with E-state index in [0.717, 1.165) is 26.0 Å². The Balaban J connectivity index is 0. The van der Waals surface area contributed by atoms with Crippen LogP contribution in [0.3, 0.4) is 0 Å². The summed E-state index contributed by atoms with van der Waals surface area (Å²) in [6.07, 6.45) is 10.3. The van der Waals surface area contributed by atoms with E-state index in [0.29, 0.717) is 92.2 Å². The minimum atomic E-state index is 0.337. The summed E-state index contributed by atoms with van der Waals surface area (Å²) in [5.41, 5.74) is 10.6. The van der Waals surface area contributed by atoms with Crippen molar-refractivity contribution in [2.75, 3.05) is 98.9 Å². The Hall–Kier alpha value is -1.29. The molecule has 0 heterocycles. The van der Waals surface area contributed by atoms with Crippen LogP contribution in [0.1, 0.15) is 25.7 Å². The number of terminal acetylenes is 1. The van der Waals surface area contributed by atoms with E-state index in [-0.39, 0.29) is 0 Å². The number of nitrogens with one attached hydrogen (secondary N) is 1. The van der Waals surface area contributed by atoms with Crippen molar-refractivity contribution in [2.45, 2.75) is 25.7 Å². The maximum Gasteiger partial charge on any atom is 0.207 e. The van der Waals surface area contributed by atoms with E-state index in [1.807, 2.05) is 0 Å². The van der Waals surface area contributed by atoms with Crippen molar-refractivity contribution in [3.05, 3.63) is 0 Å². The quantitative estimate of drug-likeness (QED) is 0.0965. The summed E-state index contributed by atoms with van der Waals surface area (Å²) in [5, 5.41) is 2.48. The molecular formula is C22H45N3O7. The molecule has 0 bridgehead atoms. The number of ether oxygens (including phenoxy) is 6. The Labute approximate surface area is 193 Å². The Morgan fingerprint density at radius 2 is 1.12 bits per heavy atom. The van der Waals surface area contributed by atoms with E-state index in [1.54, 1.807) is 0 Å². The summed E-state index contributed by atoms with van der Waals surface area (Å²) in [6.45, 7) is 8.65. The molecule has 0 unspecified atom stereocenters. The molecule has 32 heavy (non-hydrogen) atoms. The van der Waals surface area contributed by atoms with Crippen LogP contribution in [-0.2, 0) is 33.2 Å². The number of hydrogen-bond donors (Lipinski definition) is 3. The molecule has 1 amide bonds. The minimum absolute atomic E-state index is 0.337. The molecule has 0 fully saturated rings. The van der Waals surface area contributed by atoms with Gasteiger partial charge >= 0.3 is 0 Å². The molecule has 0 aromatic heterocycles. The van der Waals surface area contributed by atoms with Crippen LogP contribution in [0, 0.1) is 12.3 Å². The Bertz CT molecular complexity index is 385. The number of carbonyl (C=O) groups is 1. The predicted molar refractivity (Wildman–Crippen MR) is 124 cm³/mol. The van der Waals surface area contributed by atoms with Gasteiger partial charge in [-0.1, -0.05) is 18.8 Å². The highest BCUT2D eigenvalue weighted by atomic mass is 16.6. The van der Waals surface area contributed by atoms with E-state index in [4.69, 9.17) is 46.3 Å². The molecule has 0 aromatic rings. The predicted octanol–water partition coefficient (Wildman–Crippen LogP) is -0.0706. The van der Waals surface area contributed by atoms with Crippen molar-refractivity contribution in [3.63, 3.8) is 0 Å². The lowest BCUT2D eigenvalue weighted by Crippen LogP contribution is -2.19. The average Bonchev–Trinajstić information content (AvgIpc) is 2.81. The number of hydrogen-bond acceptors (Lipinski definition) is 9. The Morgan fingerprint density at radius 3 is 1.66 bits per heavy atom.